The van der Waals surface area contributed by atoms with Crippen LogP contribution in [0.15, 0.2) is 72.9 Å². The van der Waals surface area contributed by atoms with E-state index in [9.17, 15) is 19.4 Å². The highest BCUT2D eigenvalue weighted by atomic mass is 31.2. The number of aliphatic hydroxyl groups excluding tert-OH is 1. The lowest BCUT2D eigenvalue weighted by molar-refractivity contribution is -0.870. The van der Waals surface area contributed by atoms with Crippen molar-refractivity contribution in [1.82, 2.24) is 5.32 Å². The Morgan fingerprint density at radius 3 is 1.22 bits per heavy atom. The minimum Gasteiger partial charge on any atom is -0.387 e. The number of carbonyl (C=O) groups excluding carboxylic acids is 1. The van der Waals surface area contributed by atoms with Gasteiger partial charge in [-0.1, -0.05) is 273 Å². The number of hydrogen-bond donors (Lipinski definition) is 3. The number of likely N-dealkylation sites (N-methyl/N-ethyl adjacent to an activating group) is 1. The average Bonchev–Trinajstić information content (AvgIpc) is 3.34. The molecule has 8 nitrogen and oxygen atoms in total. The zero-order valence-electron chi connectivity index (χ0n) is 47.9. The minimum atomic E-state index is -4.35. The summed E-state index contributed by atoms with van der Waals surface area (Å²) in [6, 6.07) is -0.848. The first-order chi connectivity index (χ1) is 35.0. The molecule has 0 aliphatic carbocycles. The normalized spacial score (nSPS) is 14.4. The van der Waals surface area contributed by atoms with Crippen molar-refractivity contribution in [2.24, 2.45) is 0 Å². The monoisotopic (exact) mass is 1030 g/mol. The molecule has 0 aromatic heterocycles. The molecule has 72 heavy (non-hydrogen) atoms. The van der Waals surface area contributed by atoms with E-state index in [4.69, 9.17) is 9.05 Å². The largest absolute Gasteiger partial charge is 0.472 e. The van der Waals surface area contributed by atoms with Gasteiger partial charge in [-0.05, 0) is 64.2 Å². The number of nitrogens with zero attached hydrogens (tertiary/aromatic N) is 1. The second kappa shape index (κ2) is 53.8. The number of amides is 1. The van der Waals surface area contributed by atoms with Gasteiger partial charge in [0.15, 0.2) is 0 Å². The molecule has 0 aliphatic heterocycles. The molecule has 420 valence electrons. The predicted molar refractivity (Wildman–Crippen MR) is 313 cm³/mol. The number of carbonyl (C=O) groups is 1. The maximum atomic E-state index is 13.0. The van der Waals surface area contributed by atoms with Crippen LogP contribution < -0.4 is 5.32 Å². The average molecular weight is 1030 g/mol. The number of phosphoric ester groups is 1. The summed E-state index contributed by atoms with van der Waals surface area (Å²) in [5.41, 5.74) is 0. The quantitative estimate of drug-likeness (QED) is 0.0243. The Kier molecular flexibility index (Phi) is 52.2. The zero-order chi connectivity index (χ0) is 52.7. The third-order valence-corrected chi connectivity index (χ3v) is 14.4. The van der Waals surface area contributed by atoms with Gasteiger partial charge in [-0.3, -0.25) is 13.8 Å². The van der Waals surface area contributed by atoms with Crippen molar-refractivity contribution >= 4 is 13.7 Å². The number of hydrogen-bond acceptors (Lipinski definition) is 5. The fourth-order valence-electron chi connectivity index (χ4n) is 8.72. The number of phosphoric acid groups is 1. The van der Waals surface area contributed by atoms with Crippen LogP contribution in [0.2, 0.25) is 0 Å². The van der Waals surface area contributed by atoms with Gasteiger partial charge >= 0.3 is 7.82 Å². The predicted octanol–water partition coefficient (Wildman–Crippen LogP) is 18.7. The van der Waals surface area contributed by atoms with E-state index in [2.05, 4.69) is 79.9 Å². The molecule has 0 spiro atoms. The van der Waals surface area contributed by atoms with Crippen LogP contribution in [0.3, 0.4) is 0 Å². The van der Waals surface area contributed by atoms with E-state index >= 15 is 0 Å². The van der Waals surface area contributed by atoms with Crippen molar-refractivity contribution in [3.63, 3.8) is 0 Å². The smallest absolute Gasteiger partial charge is 0.387 e. The van der Waals surface area contributed by atoms with Gasteiger partial charge in [-0.25, -0.2) is 4.57 Å². The lowest BCUT2D eigenvalue weighted by Gasteiger charge is -2.25. The second-order valence-corrected chi connectivity index (χ2v) is 23.2. The van der Waals surface area contributed by atoms with Crippen molar-refractivity contribution in [2.45, 2.75) is 283 Å². The molecule has 3 N–H and O–H groups in total. The molecule has 0 aromatic rings. The number of allylic oxidation sites excluding steroid dienone is 11. The molecule has 0 saturated heterocycles. The van der Waals surface area contributed by atoms with Gasteiger partial charge in [0.1, 0.15) is 13.2 Å². The van der Waals surface area contributed by atoms with Gasteiger partial charge in [0.2, 0.25) is 5.91 Å². The van der Waals surface area contributed by atoms with E-state index in [0.717, 1.165) is 70.6 Å². The summed E-state index contributed by atoms with van der Waals surface area (Å²) in [5, 5.41) is 13.9. The maximum absolute atomic E-state index is 13.0. The van der Waals surface area contributed by atoms with E-state index < -0.39 is 20.0 Å². The van der Waals surface area contributed by atoms with Crippen LogP contribution >= 0.6 is 7.82 Å². The van der Waals surface area contributed by atoms with Crippen LogP contribution in [-0.4, -0.2) is 73.4 Å². The van der Waals surface area contributed by atoms with Gasteiger partial charge in [0.25, 0.3) is 0 Å². The molecule has 0 aromatic carbocycles. The fraction of sp³-hybridized carbons (Fsp3) is 0.794. The fourth-order valence-corrected chi connectivity index (χ4v) is 9.45. The molecule has 0 radical (unpaired) electrons. The highest BCUT2D eigenvalue weighted by Crippen LogP contribution is 2.43. The van der Waals surface area contributed by atoms with Gasteiger partial charge in [0.05, 0.1) is 39.9 Å². The van der Waals surface area contributed by atoms with E-state index in [1.807, 2.05) is 27.2 Å². The standard InChI is InChI=1S/C63H117N2O6P/c1-6-8-10-12-14-16-18-20-22-24-25-26-27-28-29-30-31-32-33-34-35-36-37-38-39-41-43-45-47-49-51-53-55-57-63(67)64-61(60-71-72(68,69)70-59-58-65(3,4)5)62(66)56-54-52-50-48-46-44-42-40-23-21-19-17-15-13-11-9-7-2/h8,10,14,16,20,22,25-26,28-29,54,56,61-62,66H,6-7,9,11-13,15,17-19,21,23-24,27,30-53,55,57-60H2,1-5H3,(H-,64,67,68,69)/p+1/b10-8-,16-14-,22-20-,26-25-,29-28-,56-54+. The van der Waals surface area contributed by atoms with E-state index in [0.29, 0.717) is 17.4 Å². The molecule has 0 fully saturated rings. The molecule has 0 aliphatic rings. The van der Waals surface area contributed by atoms with Gasteiger partial charge in [-0.15, -0.1) is 0 Å². The molecule has 3 atom stereocenters. The summed E-state index contributed by atoms with van der Waals surface area (Å²) in [6.07, 6.45) is 74.4. The van der Waals surface area contributed by atoms with E-state index in [-0.39, 0.29) is 19.1 Å². The molecule has 0 heterocycles. The van der Waals surface area contributed by atoms with Crippen molar-refractivity contribution < 1.29 is 32.9 Å². The Hall–Kier alpha value is -2.06. The molecule has 1 amide bonds. The molecule has 0 saturated carbocycles. The topological polar surface area (TPSA) is 105 Å². The Bertz CT molecular complexity index is 1400. The van der Waals surface area contributed by atoms with E-state index in [1.54, 1.807) is 6.08 Å². The lowest BCUT2D eigenvalue weighted by Crippen LogP contribution is -2.45. The van der Waals surface area contributed by atoms with Crippen molar-refractivity contribution in [3.05, 3.63) is 72.9 Å². The zero-order valence-corrected chi connectivity index (χ0v) is 48.8. The van der Waals surface area contributed by atoms with Crippen LogP contribution in [0.4, 0.5) is 0 Å². The summed E-state index contributed by atoms with van der Waals surface area (Å²) in [7, 11) is 1.58. The van der Waals surface area contributed by atoms with Crippen LogP contribution in [0.25, 0.3) is 0 Å². The molecule has 0 bridgehead atoms. The summed E-state index contributed by atoms with van der Waals surface area (Å²) in [5.74, 6) is -0.176. The first-order valence-electron chi connectivity index (χ1n) is 30.3. The third-order valence-electron chi connectivity index (χ3n) is 13.4. The summed E-state index contributed by atoms with van der Waals surface area (Å²) >= 11 is 0. The van der Waals surface area contributed by atoms with Crippen molar-refractivity contribution in [2.75, 3.05) is 40.9 Å². The number of rotatable bonds is 55. The molecule has 0 rings (SSSR count). The summed E-state index contributed by atoms with van der Waals surface area (Å²) < 4.78 is 23.7. The highest BCUT2D eigenvalue weighted by Gasteiger charge is 2.27. The van der Waals surface area contributed by atoms with Crippen LogP contribution in [0, 0.1) is 0 Å². The maximum Gasteiger partial charge on any atom is 0.472 e. The minimum absolute atomic E-state index is 0.0608. The Labute approximate surface area is 446 Å². The van der Waals surface area contributed by atoms with Crippen LogP contribution in [0.1, 0.15) is 271 Å². The number of aliphatic hydroxyl groups is 1. The van der Waals surface area contributed by atoms with Gasteiger partial charge < -0.3 is 19.8 Å². The highest BCUT2D eigenvalue weighted by molar-refractivity contribution is 7.47. The number of quaternary nitrogens is 1. The Morgan fingerprint density at radius 2 is 0.833 bits per heavy atom. The van der Waals surface area contributed by atoms with Crippen molar-refractivity contribution in [3.8, 4) is 0 Å². The van der Waals surface area contributed by atoms with Crippen LogP contribution in [-0.2, 0) is 18.4 Å². The van der Waals surface area contributed by atoms with Crippen LogP contribution in [0.5, 0.6) is 0 Å². The van der Waals surface area contributed by atoms with Crippen molar-refractivity contribution in [1.29, 1.82) is 0 Å². The first kappa shape index (κ1) is 69.9. The van der Waals surface area contributed by atoms with Gasteiger partial charge in [-0.2, -0.15) is 0 Å². The second-order valence-electron chi connectivity index (χ2n) is 21.7. The van der Waals surface area contributed by atoms with E-state index in [1.165, 1.54) is 180 Å². The Balaban J connectivity index is 4.08. The molecule has 9 heteroatoms. The lowest BCUT2D eigenvalue weighted by atomic mass is 10.0. The SMILES string of the molecule is CC/C=C\C/C=C\C/C=C\C/C=C\C/C=C\CCCCCCCCCCCCCCCCCCCC(=O)NC(COP(=O)(O)OCC[N+](C)(C)C)C(O)/C=C/CCCCCCCCCCCCCCCCC. The summed E-state index contributed by atoms with van der Waals surface area (Å²) in [4.78, 5) is 23.3. The third kappa shape index (κ3) is 55.7. The molecule has 3 unspecified atom stereocenters. The van der Waals surface area contributed by atoms with Gasteiger partial charge in [0, 0.05) is 6.42 Å². The first-order valence-corrected chi connectivity index (χ1v) is 31.8. The Morgan fingerprint density at radius 1 is 0.486 bits per heavy atom. The number of nitrogens with one attached hydrogen (secondary N) is 1. The number of unbranched alkanes of at least 4 members (excludes halogenated alkanes) is 32. The summed E-state index contributed by atoms with van der Waals surface area (Å²) in [6.45, 7) is 4.72. The molecular weight excluding hydrogens is 912 g/mol. The molecular formula is C63H118N2O6P+.